The van der Waals surface area contributed by atoms with Crippen LogP contribution in [0.15, 0.2) is 36.4 Å². The average Bonchev–Trinajstić information content (AvgIpc) is 2.39. The Morgan fingerprint density at radius 3 is 2.59 bits per heavy atom. The molecule has 2 nitrogen and oxygen atoms in total. The van der Waals surface area contributed by atoms with E-state index < -0.39 is 0 Å². The topological polar surface area (TPSA) is 26.3 Å². The van der Waals surface area contributed by atoms with Crippen molar-refractivity contribution >= 4 is 16.7 Å². The molecule has 0 atom stereocenters. The quantitative estimate of drug-likeness (QED) is 0.591. The minimum atomic E-state index is -0.184. The predicted octanol–water partition coefficient (Wildman–Crippen LogP) is 3.72. The number of hydrogen-bond acceptors (Lipinski definition) is 2. The smallest absolute Gasteiger partial charge is 0.310 e. The van der Waals surface area contributed by atoms with Crippen LogP contribution in [0.25, 0.3) is 10.8 Å². The second-order valence-corrected chi connectivity index (χ2v) is 3.96. The predicted molar refractivity (Wildman–Crippen MR) is 69.3 cm³/mol. The molecule has 0 amide bonds. The van der Waals surface area contributed by atoms with E-state index in [1.165, 1.54) is 0 Å². The lowest BCUT2D eigenvalue weighted by molar-refractivity contribution is -0.133. The Hall–Kier alpha value is -1.83. The van der Waals surface area contributed by atoms with Gasteiger partial charge in [-0.3, -0.25) is 4.79 Å². The molecule has 2 heteroatoms. The maximum Gasteiger partial charge on any atom is 0.310 e. The Balaban J connectivity index is 2.58. The molecule has 2 aromatic carbocycles. The summed E-state index contributed by atoms with van der Waals surface area (Å²) in [7, 11) is 0. The van der Waals surface area contributed by atoms with Crippen LogP contribution < -0.4 is 4.74 Å². The van der Waals surface area contributed by atoms with Gasteiger partial charge in [-0.1, -0.05) is 50.2 Å². The monoisotopic (exact) mass is 228 g/mol. The lowest BCUT2D eigenvalue weighted by atomic mass is 10.0. The molecule has 0 radical (unpaired) electrons. The van der Waals surface area contributed by atoms with Crippen molar-refractivity contribution in [1.82, 2.24) is 0 Å². The van der Waals surface area contributed by atoms with E-state index in [0.717, 1.165) is 28.5 Å². The minimum absolute atomic E-state index is 0.184. The lowest BCUT2D eigenvalue weighted by Gasteiger charge is -2.11. The molecule has 0 aromatic heterocycles. The third-order valence-corrected chi connectivity index (χ3v) is 2.85. The standard InChI is InChI=1S/C15H16O2/c1-3-11-9-10-12-7-5-6-8-13(12)15(11)17-14(16)4-2/h5-10H,3-4H2,1-2H3. The van der Waals surface area contributed by atoms with Crippen LogP contribution >= 0.6 is 0 Å². The molecule has 0 aliphatic rings. The van der Waals surface area contributed by atoms with Crippen LogP contribution in [0.1, 0.15) is 25.8 Å². The summed E-state index contributed by atoms with van der Waals surface area (Å²) in [5.74, 6) is 0.536. The summed E-state index contributed by atoms with van der Waals surface area (Å²) >= 11 is 0. The maximum absolute atomic E-state index is 11.5. The first-order valence-electron chi connectivity index (χ1n) is 5.97. The zero-order valence-electron chi connectivity index (χ0n) is 10.2. The van der Waals surface area contributed by atoms with Gasteiger partial charge in [0, 0.05) is 11.8 Å². The molecule has 88 valence electrons. The number of hydrogen-bond donors (Lipinski definition) is 0. The fraction of sp³-hybridized carbons (Fsp3) is 0.267. The Bertz CT molecular complexity index is 544. The molecule has 2 aromatic rings. The van der Waals surface area contributed by atoms with Crippen LogP contribution in [-0.2, 0) is 11.2 Å². The Morgan fingerprint density at radius 2 is 1.88 bits per heavy atom. The Morgan fingerprint density at radius 1 is 1.12 bits per heavy atom. The number of rotatable bonds is 3. The van der Waals surface area contributed by atoms with Crippen LogP contribution in [0, 0.1) is 0 Å². The largest absolute Gasteiger partial charge is 0.426 e. The van der Waals surface area contributed by atoms with E-state index >= 15 is 0 Å². The molecule has 0 saturated carbocycles. The van der Waals surface area contributed by atoms with E-state index in [2.05, 4.69) is 13.0 Å². The molecule has 0 aliphatic carbocycles. The van der Waals surface area contributed by atoms with E-state index in [0.29, 0.717) is 6.42 Å². The number of benzene rings is 2. The third-order valence-electron chi connectivity index (χ3n) is 2.85. The van der Waals surface area contributed by atoms with E-state index in [4.69, 9.17) is 4.74 Å². The first kappa shape index (κ1) is 11.6. The zero-order valence-corrected chi connectivity index (χ0v) is 10.2. The number of ether oxygens (including phenoxy) is 1. The van der Waals surface area contributed by atoms with Crippen molar-refractivity contribution < 1.29 is 9.53 Å². The third kappa shape index (κ3) is 2.31. The van der Waals surface area contributed by atoms with Gasteiger partial charge >= 0.3 is 5.97 Å². The van der Waals surface area contributed by atoms with Crippen molar-refractivity contribution in [3.63, 3.8) is 0 Å². The fourth-order valence-electron chi connectivity index (χ4n) is 1.87. The van der Waals surface area contributed by atoms with E-state index in [-0.39, 0.29) is 5.97 Å². The van der Waals surface area contributed by atoms with Crippen LogP contribution in [0.4, 0.5) is 0 Å². The van der Waals surface area contributed by atoms with Gasteiger partial charge < -0.3 is 4.74 Å². The van der Waals surface area contributed by atoms with Crippen LogP contribution in [-0.4, -0.2) is 5.97 Å². The highest BCUT2D eigenvalue weighted by Crippen LogP contribution is 2.30. The van der Waals surface area contributed by atoms with Crippen molar-refractivity contribution in [2.24, 2.45) is 0 Å². The van der Waals surface area contributed by atoms with Crippen LogP contribution in [0.5, 0.6) is 5.75 Å². The van der Waals surface area contributed by atoms with E-state index in [1.54, 1.807) is 6.92 Å². The first-order chi connectivity index (χ1) is 8.26. The van der Waals surface area contributed by atoms with Gasteiger partial charge in [0.15, 0.2) is 0 Å². The van der Waals surface area contributed by atoms with Gasteiger partial charge in [0.05, 0.1) is 0 Å². The normalized spacial score (nSPS) is 10.5. The number of carbonyl (C=O) groups excluding carboxylic acids is 1. The van der Waals surface area contributed by atoms with Crippen LogP contribution in [0.3, 0.4) is 0 Å². The van der Waals surface area contributed by atoms with E-state index in [9.17, 15) is 4.79 Å². The summed E-state index contributed by atoms with van der Waals surface area (Å²) in [6.45, 7) is 3.87. The molecule has 0 N–H and O–H groups in total. The molecule has 0 fully saturated rings. The highest BCUT2D eigenvalue weighted by atomic mass is 16.5. The number of aryl methyl sites for hydroxylation is 1. The van der Waals surface area contributed by atoms with Gasteiger partial charge in [-0.05, 0) is 17.4 Å². The first-order valence-corrected chi connectivity index (χ1v) is 5.97. The highest BCUT2D eigenvalue weighted by Gasteiger charge is 2.10. The average molecular weight is 228 g/mol. The SMILES string of the molecule is CCC(=O)Oc1c(CC)ccc2ccccc12. The summed E-state index contributed by atoms with van der Waals surface area (Å²) in [6.07, 6.45) is 1.25. The Kier molecular flexibility index (Phi) is 3.43. The van der Waals surface area contributed by atoms with Crippen molar-refractivity contribution in [1.29, 1.82) is 0 Å². The fourth-order valence-corrected chi connectivity index (χ4v) is 1.87. The van der Waals surface area contributed by atoms with Crippen molar-refractivity contribution in [3.05, 3.63) is 42.0 Å². The Labute approximate surface area is 101 Å². The van der Waals surface area contributed by atoms with Gasteiger partial charge in [0.1, 0.15) is 5.75 Å². The minimum Gasteiger partial charge on any atom is -0.426 e. The van der Waals surface area contributed by atoms with Crippen molar-refractivity contribution in [3.8, 4) is 5.75 Å². The number of esters is 1. The molecule has 2 rings (SSSR count). The van der Waals surface area contributed by atoms with Crippen molar-refractivity contribution in [2.45, 2.75) is 26.7 Å². The number of fused-ring (bicyclic) bond motifs is 1. The summed E-state index contributed by atoms with van der Waals surface area (Å²) in [5, 5.41) is 2.11. The zero-order chi connectivity index (χ0) is 12.3. The second-order valence-electron chi connectivity index (χ2n) is 3.96. The summed E-state index contributed by atoms with van der Waals surface area (Å²) in [5.41, 5.74) is 1.07. The molecule has 0 saturated heterocycles. The van der Waals surface area contributed by atoms with Gasteiger partial charge in [-0.25, -0.2) is 0 Å². The molecule has 17 heavy (non-hydrogen) atoms. The van der Waals surface area contributed by atoms with Gasteiger partial charge in [0.25, 0.3) is 0 Å². The molecular formula is C15H16O2. The van der Waals surface area contributed by atoms with Crippen LogP contribution in [0.2, 0.25) is 0 Å². The van der Waals surface area contributed by atoms with E-state index in [1.807, 2.05) is 30.3 Å². The number of carbonyl (C=O) groups is 1. The molecule has 0 aliphatic heterocycles. The second kappa shape index (κ2) is 5.00. The summed E-state index contributed by atoms with van der Waals surface area (Å²) in [4.78, 5) is 11.5. The summed E-state index contributed by atoms with van der Waals surface area (Å²) < 4.78 is 5.46. The molecular weight excluding hydrogens is 212 g/mol. The van der Waals surface area contributed by atoms with Gasteiger partial charge in [-0.15, -0.1) is 0 Å². The van der Waals surface area contributed by atoms with Gasteiger partial charge in [0.2, 0.25) is 0 Å². The van der Waals surface area contributed by atoms with Gasteiger partial charge in [-0.2, -0.15) is 0 Å². The highest BCUT2D eigenvalue weighted by molar-refractivity contribution is 5.91. The lowest BCUT2D eigenvalue weighted by Crippen LogP contribution is -2.07. The molecule has 0 heterocycles. The molecule has 0 bridgehead atoms. The maximum atomic E-state index is 11.5. The molecule has 0 unspecified atom stereocenters. The van der Waals surface area contributed by atoms with Crippen molar-refractivity contribution in [2.75, 3.05) is 0 Å². The summed E-state index contributed by atoms with van der Waals surface area (Å²) in [6, 6.07) is 12.1. The molecule has 0 spiro atoms.